The average molecular weight is 218 g/mol. The highest BCUT2D eigenvalue weighted by Gasteiger charge is 1.91. The van der Waals surface area contributed by atoms with Crippen molar-refractivity contribution < 1.29 is 14.6 Å². The Bertz CT molecular complexity index is 95.0. The first-order valence-electron chi connectivity index (χ1n) is 6.18. The predicted octanol–water partition coefficient (Wildman–Crippen LogP) is 2.37. The fourth-order valence-corrected chi connectivity index (χ4v) is 1.32. The van der Waals surface area contributed by atoms with E-state index in [0.29, 0.717) is 6.61 Å². The molecule has 1 N–H and O–H groups in total. The number of rotatable bonds is 12. The van der Waals surface area contributed by atoms with E-state index >= 15 is 0 Å². The van der Waals surface area contributed by atoms with Crippen LogP contribution >= 0.6 is 0 Å². The molecule has 0 saturated heterocycles. The van der Waals surface area contributed by atoms with Crippen LogP contribution in [-0.4, -0.2) is 38.1 Å². The van der Waals surface area contributed by atoms with Gasteiger partial charge < -0.3 is 14.6 Å². The van der Waals surface area contributed by atoms with E-state index in [1.165, 1.54) is 6.42 Å². The predicted molar refractivity (Wildman–Crippen MR) is 62.1 cm³/mol. The highest BCUT2D eigenvalue weighted by molar-refractivity contribution is 4.42. The van der Waals surface area contributed by atoms with Crippen LogP contribution in [0.4, 0.5) is 0 Å². The van der Waals surface area contributed by atoms with Gasteiger partial charge in [0.1, 0.15) is 0 Å². The Hall–Kier alpha value is -0.120. The molecule has 0 unspecified atom stereocenters. The zero-order chi connectivity index (χ0) is 11.2. The molecule has 0 bridgehead atoms. The van der Waals surface area contributed by atoms with E-state index < -0.39 is 0 Å². The minimum Gasteiger partial charge on any atom is -0.396 e. The summed E-state index contributed by atoms with van der Waals surface area (Å²) in [7, 11) is 0. The molecule has 3 heteroatoms. The van der Waals surface area contributed by atoms with Crippen LogP contribution in [0.2, 0.25) is 0 Å². The number of hydrogen-bond donors (Lipinski definition) is 1. The molecule has 0 rings (SSSR count). The van der Waals surface area contributed by atoms with Gasteiger partial charge in [-0.25, -0.2) is 0 Å². The third kappa shape index (κ3) is 13.9. The van der Waals surface area contributed by atoms with Crippen molar-refractivity contribution >= 4 is 0 Å². The minimum atomic E-state index is 0.303. The average Bonchev–Trinajstić information content (AvgIpc) is 2.26. The molecular weight excluding hydrogens is 192 g/mol. The third-order valence-electron chi connectivity index (χ3n) is 2.23. The van der Waals surface area contributed by atoms with Crippen molar-refractivity contribution in [3.8, 4) is 0 Å². The molecule has 92 valence electrons. The number of unbranched alkanes of at least 4 members (excludes halogenated alkanes) is 4. The van der Waals surface area contributed by atoms with Crippen LogP contribution in [0.15, 0.2) is 0 Å². The van der Waals surface area contributed by atoms with Gasteiger partial charge in [0.05, 0.1) is 0 Å². The molecule has 0 aliphatic rings. The summed E-state index contributed by atoms with van der Waals surface area (Å²) in [6.07, 6.45) is 6.50. The topological polar surface area (TPSA) is 38.7 Å². The van der Waals surface area contributed by atoms with Gasteiger partial charge in [-0.05, 0) is 45.4 Å². The van der Waals surface area contributed by atoms with Crippen LogP contribution in [0.1, 0.15) is 45.4 Å². The summed E-state index contributed by atoms with van der Waals surface area (Å²) in [5.74, 6) is 0. The first-order valence-corrected chi connectivity index (χ1v) is 6.18. The normalized spacial score (nSPS) is 10.8. The summed E-state index contributed by atoms with van der Waals surface area (Å²) in [4.78, 5) is 0. The molecule has 0 heterocycles. The Morgan fingerprint density at radius 3 is 1.80 bits per heavy atom. The zero-order valence-corrected chi connectivity index (χ0v) is 10.0. The Morgan fingerprint density at radius 2 is 1.27 bits per heavy atom. The van der Waals surface area contributed by atoms with E-state index in [0.717, 1.165) is 58.5 Å². The van der Waals surface area contributed by atoms with Crippen LogP contribution in [0.25, 0.3) is 0 Å². The molecule has 0 amide bonds. The summed E-state index contributed by atoms with van der Waals surface area (Å²) >= 11 is 0. The second kappa shape index (κ2) is 13.9. The van der Waals surface area contributed by atoms with Crippen molar-refractivity contribution in [2.24, 2.45) is 0 Å². The van der Waals surface area contributed by atoms with E-state index in [9.17, 15) is 0 Å². The van der Waals surface area contributed by atoms with Gasteiger partial charge in [0, 0.05) is 33.0 Å². The lowest BCUT2D eigenvalue weighted by Crippen LogP contribution is -1.99. The molecule has 0 aromatic heterocycles. The maximum Gasteiger partial charge on any atom is 0.0466 e. The second-order valence-electron chi connectivity index (χ2n) is 3.65. The number of aliphatic hydroxyl groups is 1. The minimum absolute atomic E-state index is 0.303. The molecule has 0 aliphatic carbocycles. The molecular formula is C12H26O3. The fraction of sp³-hybridized carbons (Fsp3) is 1.00. The molecule has 0 aliphatic heterocycles. The van der Waals surface area contributed by atoms with E-state index in [-0.39, 0.29) is 0 Å². The van der Waals surface area contributed by atoms with Gasteiger partial charge in [-0.2, -0.15) is 0 Å². The summed E-state index contributed by atoms with van der Waals surface area (Å²) in [5, 5.41) is 8.56. The van der Waals surface area contributed by atoms with Crippen LogP contribution in [0.5, 0.6) is 0 Å². The summed E-state index contributed by atoms with van der Waals surface area (Å²) < 4.78 is 10.7. The van der Waals surface area contributed by atoms with Gasteiger partial charge in [0.15, 0.2) is 0 Å². The lowest BCUT2D eigenvalue weighted by atomic mass is 10.2. The van der Waals surface area contributed by atoms with Crippen molar-refractivity contribution in [2.45, 2.75) is 45.4 Å². The molecule has 0 fully saturated rings. The standard InChI is InChI=1S/C12H26O3/c1-2-14-10-7-4-8-12-15-11-6-3-5-9-13/h13H,2-12H2,1H3. The largest absolute Gasteiger partial charge is 0.396 e. The molecule has 0 saturated carbocycles. The van der Waals surface area contributed by atoms with Gasteiger partial charge in [0.25, 0.3) is 0 Å². The second-order valence-corrected chi connectivity index (χ2v) is 3.65. The van der Waals surface area contributed by atoms with Crippen LogP contribution in [0, 0.1) is 0 Å². The van der Waals surface area contributed by atoms with Gasteiger partial charge in [0.2, 0.25) is 0 Å². The Balaban J connectivity index is 2.81. The number of aliphatic hydroxyl groups excluding tert-OH is 1. The van der Waals surface area contributed by atoms with Gasteiger partial charge in [-0.1, -0.05) is 0 Å². The van der Waals surface area contributed by atoms with Crippen LogP contribution in [-0.2, 0) is 9.47 Å². The van der Waals surface area contributed by atoms with E-state index in [2.05, 4.69) is 0 Å². The van der Waals surface area contributed by atoms with Gasteiger partial charge in [-0.3, -0.25) is 0 Å². The van der Waals surface area contributed by atoms with Crippen molar-refractivity contribution in [2.75, 3.05) is 33.0 Å². The van der Waals surface area contributed by atoms with Crippen LogP contribution < -0.4 is 0 Å². The van der Waals surface area contributed by atoms with Crippen molar-refractivity contribution in [3.05, 3.63) is 0 Å². The fourth-order valence-electron chi connectivity index (χ4n) is 1.32. The molecule has 0 aromatic rings. The van der Waals surface area contributed by atoms with Crippen molar-refractivity contribution in [1.82, 2.24) is 0 Å². The summed E-state index contributed by atoms with van der Waals surface area (Å²) in [6, 6.07) is 0. The molecule has 0 aromatic carbocycles. The van der Waals surface area contributed by atoms with Gasteiger partial charge in [-0.15, -0.1) is 0 Å². The smallest absolute Gasteiger partial charge is 0.0466 e. The van der Waals surface area contributed by atoms with Crippen LogP contribution in [0.3, 0.4) is 0 Å². The quantitative estimate of drug-likeness (QED) is 0.511. The molecule has 3 nitrogen and oxygen atoms in total. The maximum absolute atomic E-state index is 8.56. The highest BCUT2D eigenvalue weighted by atomic mass is 16.5. The molecule has 0 radical (unpaired) electrons. The molecule has 15 heavy (non-hydrogen) atoms. The zero-order valence-electron chi connectivity index (χ0n) is 10.0. The van der Waals surface area contributed by atoms with E-state index in [1.54, 1.807) is 0 Å². The first kappa shape index (κ1) is 14.9. The SMILES string of the molecule is CCOCCCCCOCCCCCO. The number of hydrogen-bond acceptors (Lipinski definition) is 3. The Kier molecular flexibility index (Phi) is 13.8. The lowest BCUT2D eigenvalue weighted by molar-refractivity contribution is 0.116. The Labute approximate surface area is 93.8 Å². The first-order chi connectivity index (χ1) is 7.41. The molecule has 0 spiro atoms. The number of ether oxygens (including phenoxy) is 2. The summed E-state index contributed by atoms with van der Waals surface area (Å²) in [5.41, 5.74) is 0. The van der Waals surface area contributed by atoms with E-state index in [1.807, 2.05) is 6.92 Å². The van der Waals surface area contributed by atoms with Crippen molar-refractivity contribution in [1.29, 1.82) is 0 Å². The molecule has 0 atom stereocenters. The monoisotopic (exact) mass is 218 g/mol. The van der Waals surface area contributed by atoms with Gasteiger partial charge >= 0.3 is 0 Å². The maximum atomic E-state index is 8.56. The van der Waals surface area contributed by atoms with Crippen molar-refractivity contribution in [3.63, 3.8) is 0 Å². The third-order valence-corrected chi connectivity index (χ3v) is 2.23. The van der Waals surface area contributed by atoms with E-state index in [4.69, 9.17) is 14.6 Å². The Morgan fingerprint density at radius 1 is 0.733 bits per heavy atom. The summed E-state index contributed by atoms with van der Waals surface area (Å²) in [6.45, 7) is 5.73. The lowest BCUT2D eigenvalue weighted by Gasteiger charge is -2.04. The highest BCUT2D eigenvalue weighted by Crippen LogP contribution is 1.99.